The van der Waals surface area contributed by atoms with E-state index in [0.717, 1.165) is 25.7 Å². The number of hydroxylamine groups is 1. The molecule has 1 atom stereocenters. The maximum atomic E-state index is 14.4. The van der Waals surface area contributed by atoms with E-state index in [0.29, 0.717) is 17.7 Å². The number of rotatable bonds is 6. The molecule has 2 amide bonds. The van der Waals surface area contributed by atoms with Crippen LogP contribution in [-0.2, 0) is 31.7 Å². The molecule has 1 unspecified atom stereocenters. The molecule has 6 nitrogen and oxygen atoms in total. The van der Waals surface area contributed by atoms with Crippen LogP contribution in [-0.4, -0.2) is 36.0 Å². The molecular formula is C28H23Cl2F6N3O3. The number of carbonyl (C=O) groups excluding carboxylic acids is 2. The van der Waals surface area contributed by atoms with Crippen LogP contribution in [0.1, 0.15) is 47.9 Å². The van der Waals surface area contributed by atoms with Crippen molar-refractivity contribution in [3.63, 3.8) is 0 Å². The van der Waals surface area contributed by atoms with Gasteiger partial charge in [-0.2, -0.15) is 26.3 Å². The van der Waals surface area contributed by atoms with Gasteiger partial charge in [0.1, 0.15) is 5.54 Å². The van der Waals surface area contributed by atoms with Crippen LogP contribution < -0.4 is 10.8 Å². The number of amides is 2. The highest BCUT2D eigenvalue weighted by Crippen LogP contribution is 2.50. The van der Waals surface area contributed by atoms with Crippen LogP contribution in [0.15, 0.2) is 42.5 Å². The maximum Gasteiger partial charge on any atom is 0.428 e. The summed E-state index contributed by atoms with van der Waals surface area (Å²) in [6, 6.07) is 7.25. The highest BCUT2D eigenvalue weighted by Gasteiger charge is 2.60. The van der Waals surface area contributed by atoms with E-state index in [-0.39, 0.29) is 54.1 Å². The Morgan fingerprint density at radius 1 is 0.929 bits per heavy atom. The van der Waals surface area contributed by atoms with Gasteiger partial charge in [-0.1, -0.05) is 47.5 Å². The predicted molar refractivity (Wildman–Crippen MR) is 140 cm³/mol. The summed E-state index contributed by atoms with van der Waals surface area (Å²) in [6.07, 6.45) is -6.35. The van der Waals surface area contributed by atoms with Crippen LogP contribution in [0.3, 0.4) is 0 Å². The fourth-order valence-corrected chi connectivity index (χ4v) is 5.77. The van der Waals surface area contributed by atoms with E-state index in [1.807, 2.05) is 0 Å². The van der Waals surface area contributed by atoms with Gasteiger partial charge < -0.3 is 10.2 Å². The van der Waals surface area contributed by atoms with Crippen molar-refractivity contribution in [1.29, 1.82) is 0 Å². The molecule has 0 spiro atoms. The summed E-state index contributed by atoms with van der Waals surface area (Å²) >= 11 is 11.5. The van der Waals surface area contributed by atoms with Crippen molar-refractivity contribution in [2.24, 2.45) is 11.8 Å². The minimum absolute atomic E-state index is 0.0153. The minimum atomic E-state index is -5.19. The molecule has 6 rings (SSSR count). The van der Waals surface area contributed by atoms with Crippen molar-refractivity contribution >= 4 is 40.7 Å². The van der Waals surface area contributed by atoms with E-state index in [9.17, 15) is 35.9 Å². The maximum absolute atomic E-state index is 14.4. The first-order chi connectivity index (χ1) is 19.6. The van der Waals surface area contributed by atoms with Gasteiger partial charge in [0.2, 0.25) is 17.4 Å². The summed E-state index contributed by atoms with van der Waals surface area (Å²) in [7, 11) is 0. The molecule has 4 aliphatic rings. The molecule has 42 heavy (non-hydrogen) atoms. The van der Waals surface area contributed by atoms with Crippen LogP contribution in [0.5, 0.6) is 0 Å². The number of halogens is 8. The number of nitrogens with zero attached hydrogens (tertiary/aromatic N) is 1. The third-order valence-electron chi connectivity index (χ3n) is 8.07. The molecule has 2 aliphatic carbocycles. The average Bonchev–Trinajstić information content (AvgIpc) is 3.83. The highest BCUT2D eigenvalue weighted by molar-refractivity contribution is 6.42. The quantitative estimate of drug-likeness (QED) is 0.365. The van der Waals surface area contributed by atoms with Crippen LogP contribution >= 0.6 is 23.2 Å². The summed E-state index contributed by atoms with van der Waals surface area (Å²) in [5.41, 5.74) is -3.60. The van der Waals surface area contributed by atoms with E-state index in [2.05, 4.69) is 10.8 Å². The second kappa shape index (κ2) is 9.78. The summed E-state index contributed by atoms with van der Waals surface area (Å²) < 4.78 is 83.9. The SMILES string of the molecule is O=C(NC1(c2ccc(C3=CC(c4cc(Cl)c(Cl)c(C(F)(F)F)c4)(C(F)(F)F)ON3)cc2)CN(C(=O)C2CC2)C1)C1CC1. The Morgan fingerprint density at radius 2 is 1.55 bits per heavy atom. The molecule has 3 fully saturated rings. The second-order valence-corrected chi connectivity index (χ2v) is 12.0. The standard InChI is InChI=1S/C28H23Cl2F6N3O3/c29-20-10-18(9-19(22(20)30)27(31,32)33)26(28(34,35)36)11-21(38-42-26)14-5-7-17(8-6-14)25(37-23(40)15-1-2-15)12-39(13-25)24(41)16-3-4-16/h5-11,15-16,38H,1-4,12-13H2,(H,37,40). The Bertz CT molecular complexity index is 1480. The summed E-state index contributed by atoms with van der Waals surface area (Å²) in [6.45, 7) is 0.556. The minimum Gasteiger partial charge on any atom is -0.343 e. The molecule has 2 saturated carbocycles. The third-order valence-corrected chi connectivity index (χ3v) is 8.87. The molecule has 2 heterocycles. The van der Waals surface area contributed by atoms with Crippen LogP contribution in [0, 0.1) is 11.8 Å². The molecule has 0 bridgehead atoms. The predicted octanol–water partition coefficient (Wildman–Crippen LogP) is 6.32. The van der Waals surface area contributed by atoms with E-state index < -0.39 is 44.7 Å². The molecular weight excluding hydrogens is 611 g/mol. The summed E-state index contributed by atoms with van der Waals surface area (Å²) in [5, 5.41) is 1.43. The van der Waals surface area contributed by atoms with Gasteiger partial charge in [-0.15, -0.1) is 0 Å². The zero-order chi connectivity index (χ0) is 30.2. The number of nitrogens with one attached hydrogen (secondary N) is 2. The fourth-order valence-electron chi connectivity index (χ4n) is 5.33. The van der Waals surface area contributed by atoms with E-state index in [1.54, 1.807) is 17.0 Å². The van der Waals surface area contributed by atoms with Crippen molar-refractivity contribution in [2.45, 2.75) is 49.2 Å². The van der Waals surface area contributed by atoms with Gasteiger partial charge in [-0.3, -0.25) is 19.9 Å². The van der Waals surface area contributed by atoms with Crippen molar-refractivity contribution in [2.75, 3.05) is 13.1 Å². The van der Waals surface area contributed by atoms with Gasteiger partial charge in [0.25, 0.3) is 0 Å². The lowest BCUT2D eigenvalue weighted by Gasteiger charge is -2.51. The van der Waals surface area contributed by atoms with Gasteiger partial charge in [0, 0.05) is 30.5 Å². The molecule has 14 heteroatoms. The Balaban J connectivity index is 1.31. The topological polar surface area (TPSA) is 70.7 Å². The van der Waals surface area contributed by atoms with Gasteiger partial charge >= 0.3 is 12.4 Å². The molecule has 0 aromatic heterocycles. The van der Waals surface area contributed by atoms with Gasteiger partial charge in [0.05, 0.1) is 21.3 Å². The van der Waals surface area contributed by atoms with Crippen LogP contribution in [0.4, 0.5) is 26.3 Å². The van der Waals surface area contributed by atoms with Crippen molar-refractivity contribution < 1.29 is 40.8 Å². The first-order valence-electron chi connectivity index (χ1n) is 13.2. The first-order valence-corrected chi connectivity index (χ1v) is 13.9. The lowest BCUT2D eigenvalue weighted by molar-refractivity contribution is -0.269. The molecule has 2 aromatic carbocycles. The zero-order valence-corrected chi connectivity index (χ0v) is 23.1. The van der Waals surface area contributed by atoms with E-state index in [4.69, 9.17) is 28.0 Å². The zero-order valence-electron chi connectivity index (χ0n) is 21.6. The molecule has 224 valence electrons. The highest BCUT2D eigenvalue weighted by atomic mass is 35.5. The molecule has 1 saturated heterocycles. The van der Waals surface area contributed by atoms with Crippen molar-refractivity contribution in [1.82, 2.24) is 15.7 Å². The van der Waals surface area contributed by atoms with Crippen molar-refractivity contribution in [3.8, 4) is 0 Å². The third kappa shape index (κ3) is 5.01. The number of benzene rings is 2. The monoisotopic (exact) mass is 633 g/mol. The largest absolute Gasteiger partial charge is 0.428 e. The lowest BCUT2D eigenvalue weighted by Crippen LogP contribution is -2.69. The number of likely N-dealkylation sites (tertiary alicyclic amines) is 1. The Morgan fingerprint density at radius 3 is 2.10 bits per heavy atom. The molecule has 2 N–H and O–H groups in total. The Hall–Kier alpha value is -2.96. The summed E-state index contributed by atoms with van der Waals surface area (Å²) in [4.78, 5) is 31.9. The smallest absolute Gasteiger partial charge is 0.343 e. The van der Waals surface area contributed by atoms with E-state index in [1.165, 1.54) is 12.1 Å². The van der Waals surface area contributed by atoms with Gasteiger partial charge in [-0.25, -0.2) is 0 Å². The Labute approximate surface area is 245 Å². The van der Waals surface area contributed by atoms with Gasteiger partial charge in [-0.05, 0) is 55.0 Å². The number of alkyl halides is 6. The molecule has 0 radical (unpaired) electrons. The molecule has 2 aliphatic heterocycles. The fraction of sp³-hybridized carbons (Fsp3) is 0.429. The van der Waals surface area contributed by atoms with Crippen LogP contribution in [0.25, 0.3) is 5.70 Å². The van der Waals surface area contributed by atoms with Gasteiger partial charge in [0.15, 0.2) is 0 Å². The number of hydrogen-bond acceptors (Lipinski definition) is 4. The lowest BCUT2D eigenvalue weighted by atomic mass is 9.81. The second-order valence-electron chi connectivity index (χ2n) is 11.2. The normalized spacial score (nSPS) is 23.6. The van der Waals surface area contributed by atoms with E-state index >= 15 is 0 Å². The average molecular weight is 634 g/mol. The number of hydrogen-bond donors (Lipinski definition) is 2. The molecule has 2 aromatic rings. The first kappa shape index (κ1) is 29.1. The summed E-state index contributed by atoms with van der Waals surface area (Å²) in [5.74, 6) is -0.128. The Kier molecular flexibility index (Phi) is 6.78. The number of carbonyl (C=O) groups is 2. The van der Waals surface area contributed by atoms with Crippen molar-refractivity contribution in [3.05, 3.63) is 74.8 Å². The van der Waals surface area contributed by atoms with Crippen LogP contribution in [0.2, 0.25) is 10.0 Å².